The summed E-state index contributed by atoms with van der Waals surface area (Å²) in [6.45, 7) is 2.33. The molecule has 0 fully saturated rings. The predicted molar refractivity (Wildman–Crippen MR) is 125 cm³/mol. The fraction of sp³-hybridized carbons (Fsp3) is 0.292. The number of H-pyrrole nitrogens is 1. The number of benzene rings is 2. The number of hydrogen-bond donors (Lipinski definition) is 2. The first kappa shape index (κ1) is 23.5. The number of pyridine rings is 1. The van der Waals surface area contributed by atoms with Crippen LogP contribution in [0.5, 0.6) is 0 Å². The van der Waals surface area contributed by atoms with Gasteiger partial charge in [-0.25, -0.2) is 4.79 Å². The number of aromatic nitrogens is 1. The van der Waals surface area contributed by atoms with Crippen LogP contribution >= 0.6 is 11.6 Å². The minimum atomic E-state index is -0.979. The van der Waals surface area contributed by atoms with Crippen LogP contribution in [0.2, 0.25) is 5.02 Å². The van der Waals surface area contributed by atoms with Crippen molar-refractivity contribution in [3.63, 3.8) is 0 Å². The average molecular weight is 456 g/mol. The number of ether oxygens (including phenoxy) is 1. The fourth-order valence-electron chi connectivity index (χ4n) is 3.53. The van der Waals surface area contributed by atoms with E-state index in [2.05, 4.69) is 10.3 Å². The summed E-state index contributed by atoms with van der Waals surface area (Å²) in [6, 6.07) is 14.2. The van der Waals surface area contributed by atoms with Gasteiger partial charge in [0, 0.05) is 40.5 Å². The molecule has 168 valence electrons. The van der Waals surface area contributed by atoms with E-state index in [1.807, 2.05) is 37.2 Å². The lowest BCUT2D eigenvalue weighted by Gasteiger charge is -2.23. The SMILES string of the molecule is CC(CN(C)C)OC(=O)C(Cc1cc(=O)[nH]c2ccccc12)NC(=O)c1ccc(Cl)cc1. The zero-order chi connectivity index (χ0) is 23.3. The Kier molecular flexibility index (Phi) is 7.66. The number of nitrogens with zero attached hydrogens (tertiary/aromatic N) is 1. The summed E-state index contributed by atoms with van der Waals surface area (Å²) in [4.78, 5) is 42.7. The van der Waals surface area contributed by atoms with Gasteiger partial charge in [0.25, 0.3) is 5.91 Å². The topological polar surface area (TPSA) is 91.5 Å². The number of carbonyl (C=O) groups is 2. The van der Waals surface area contributed by atoms with E-state index in [1.165, 1.54) is 6.07 Å². The van der Waals surface area contributed by atoms with Gasteiger partial charge in [0.1, 0.15) is 12.1 Å². The van der Waals surface area contributed by atoms with Gasteiger partial charge in [0.2, 0.25) is 5.56 Å². The number of aromatic amines is 1. The van der Waals surface area contributed by atoms with Crippen molar-refractivity contribution < 1.29 is 14.3 Å². The van der Waals surface area contributed by atoms with Gasteiger partial charge in [-0.2, -0.15) is 0 Å². The van der Waals surface area contributed by atoms with Crippen LogP contribution in [0.4, 0.5) is 0 Å². The van der Waals surface area contributed by atoms with Crippen LogP contribution in [-0.2, 0) is 16.0 Å². The molecule has 8 heteroatoms. The highest BCUT2D eigenvalue weighted by atomic mass is 35.5. The number of rotatable bonds is 8. The Hall–Kier alpha value is -3.16. The second-order valence-electron chi connectivity index (χ2n) is 7.95. The van der Waals surface area contributed by atoms with Crippen LogP contribution in [0.25, 0.3) is 10.9 Å². The van der Waals surface area contributed by atoms with Crippen molar-refractivity contribution in [3.05, 3.63) is 81.1 Å². The highest BCUT2D eigenvalue weighted by molar-refractivity contribution is 6.30. The molecule has 0 radical (unpaired) electrons. The van der Waals surface area contributed by atoms with Gasteiger partial charge in [-0.05, 0) is 56.9 Å². The van der Waals surface area contributed by atoms with Gasteiger partial charge < -0.3 is 19.9 Å². The summed E-state index contributed by atoms with van der Waals surface area (Å²) in [5.74, 6) is -0.996. The van der Waals surface area contributed by atoms with Gasteiger partial charge in [-0.1, -0.05) is 29.8 Å². The molecule has 3 aromatic rings. The molecule has 0 saturated carbocycles. The number of para-hydroxylation sites is 1. The highest BCUT2D eigenvalue weighted by Crippen LogP contribution is 2.17. The Labute approximate surface area is 191 Å². The zero-order valence-electron chi connectivity index (χ0n) is 18.2. The first-order valence-electron chi connectivity index (χ1n) is 10.3. The Balaban J connectivity index is 1.89. The van der Waals surface area contributed by atoms with Gasteiger partial charge in [0.05, 0.1) is 0 Å². The fourth-order valence-corrected chi connectivity index (χ4v) is 3.66. The van der Waals surface area contributed by atoms with Gasteiger partial charge in [0.15, 0.2) is 0 Å². The number of likely N-dealkylation sites (N-methyl/N-ethyl adjacent to an activating group) is 1. The van der Waals surface area contributed by atoms with Crippen molar-refractivity contribution in [2.24, 2.45) is 0 Å². The number of nitrogens with one attached hydrogen (secondary N) is 2. The summed E-state index contributed by atoms with van der Waals surface area (Å²) >= 11 is 5.91. The lowest BCUT2D eigenvalue weighted by atomic mass is 10.0. The van der Waals surface area contributed by atoms with Gasteiger partial charge in [-0.3, -0.25) is 9.59 Å². The Morgan fingerprint density at radius 3 is 2.50 bits per heavy atom. The van der Waals surface area contributed by atoms with E-state index < -0.39 is 17.9 Å². The highest BCUT2D eigenvalue weighted by Gasteiger charge is 2.26. The number of amides is 1. The molecule has 0 bridgehead atoms. The van der Waals surface area contributed by atoms with E-state index in [0.717, 1.165) is 5.39 Å². The molecule has 0 aliphatic rings. The maximum absolute atomic E-state index is 13.0. The first-order valence-corrected chi connectivity index (χ1v) is 10.6. The number of hydrogen-bond acceptors (Lipinski definition) is 5. The minimum absolute atomic E-state index is 0.108. The van der Waals surface area contributed by atoms with E-state index in [9.17, 15) is 14.4 Å². The molecule has 1 aromatic heterocycles. The molecular weight excluding hydrogens is 430 g/mol. The van der Waals surface area contributed by atoms with Gasteiger partial charge in [-0.15, -0.1) is 0 Å². The summed E-state index contributed by atoms with van der Waals surface area (Å²) < 4.78 is 5.59. The first-order chi connectivity index (χ1) is 15.2. The van der Waals surface area contributed by atoms with Crippen LogP contribution in [-0.4, -0.2) is 54.5 Å². The normalized spacial score (nSPS) is 13.0. The standard InChI is InChI=1S/C24H26ClN3O4/c1-15(14-28(2)3)32-24(31)21(27-23(30)16-8-10-18(25)11-9-16)12-17-13-22(29)26-20-7-5-4-6-19(17)20/h4-11,13,15,21H,12,14H2,1-3H3,(H,26,29)(H,27,30). The molecule has 2 aromatic carbocycles. The molecule has 3 rings (SSSR count). The number of fused-ring (bicyclic) bond motifs is 1. The molecule has 2 unspecified atom stereocenters. The predicted octanol–water partition coefficient (Wildman–Crippen LogP) is 3.02. The van der Waals surface area contributed by atoms with Crippen molar-refractivity contribution >= 4 is 34.4 Å². The van der Waals surface area contributed by atoms with E-state index in [1.54, 1.807) is 37.3 Å². The minimum Gasteiger partial charge on any atom is -0.460 e. The summed E-state index contributed by atoms with van der Waals surface area (Å²) in [7, 11) is 3.76. The summed E-state index contributed by atoms with van der Waals surface area (Å²) in [5, 5.41) is 4.06. The number of halogens is 1. The van der Waals surface area contributed by atoms with Crippen LogP contribution < -0.4 is 10.9 Å². The largest absolute Gasteiger partial charge is 0.460 e. The maximum Gasteiger partial charge on any atom is 0.329 e. The molecule has 7 nitrogen and oxygen atoms in total. The van der Waals surface area contributed by atoms with Crippen molar-refractivity contribution in [2.45, 2.75) is 25.5 Å². The van der Waals surface area contributed by atoms with Crippen molar-refractivity contribution in [1.82, 2.24) is 15.2 Å². The second-order valence-corrected chi connectivity index (χ2v) is 8.39. The van der Waals surface area contributed by atoms with Crippen molar-refractivity contribution in [1.29, 1.82) is 0 Å². The summed E-state index contributed by atoms with van der Waals surface area (Å²) in [6.07, 6.45) is -0.263. The molecule has 0 spiro atoms. The third-order valence-corrected chi connectivity index (χ3v) is 5.15. The molecule has 1 heterocycles. The number of esters is 1. The third kappa shape index (κ3) is 6.18. The maximum atomic E-state index is 13.0. The van der Waals surface area contributed by atoms with E-state index in [-0.39, 0.29) is 18.1 Å². The lowest BCUT2D eigenvalue weighted by molar-refractivity contribution is -0.151. The van der Waals surface area contributed by atoms with Crippen LogP contribution in [0.1, 0.15) is 22.8 Å². The van der Waals surface area contributed by atoms with Crippen LogP contribution in [0.15, 0.2) is 59.4 Å². The van der Waals surface area contributed by atoms with E-state index in [0.29, 0.717) is 28.2 Å². The molecule has 0 aliphatic heterocycles. The van der Waals surface area contributed by atoms with Crippen LogP contribution in [0, 0.1) is 0 Å². The van der Waals surface area contributed by atoms with Crippen molar-refractivity contribution in [3.8, 4) is 0 Å². The van der Waals surface area contributed by atoms with Gasteiger partial charge >= 0.3 is 5.97 Å². The number of carbonyl (C=O) groups excluding carboxylic acids is 2. The van der Waals surface area contributed by atoms with E-state index >= 15 is 0 Å². The zero-order valence-corrected chi connectivity index (χ0v) is 19.0. The molecular formula is C24H26ClN3O4. The lowest BCUT2D eigenvalue weighted by Crippen LogP contribution is -2.45. The molecule has 2 N–H and O–H groups in total. The Bertz CT molecular complexity index is 1160. The average Bonchev–Trinajstić information content (AvgIpc) is 2.72. The third-order valence-electron chi connectivity index (χ3n) is 4.90. The summed E-state index contributed by atoms with van der Waals surface area (Å²) in [5.41, 5.74) is 1.38. The molecule has 32 heavy (non-hydrogen) atoms. The quantitative estimate of drug-likeness (QED) is 0.509. The van der Waals surface area contributed by atoms with Crippen molar-refractivity contribution in [2.75, 3.05) is 20.6 Å². The molecule has 2 atom stereocenters. The molecule has 0 saturated heterocycles. The molecule has 1 amide bonds. The monoisotopic (exact) mass is 455 g/mol. The Morgan fingerprint density at radius 2 is 1.81 bits per heavy atom. The molecule has 0 aliphatic carbocycles. The smallest absolute Gasteiger partial charge is 0.329 e. The second kappa shape index (κ2) is 10.4. The Morgan fingerprint density at radius 1 is 1.12 bits per heavy atom. The van der Waals surface area contributed by atoms with E-state index in [4.69, 9.17) is 16.3 Å². The van der Waals surface area contributed by atoms with Crippen LogP contribution in [0.3, 0.4) is 0 Å².